The van der Waals surface area contributed by atoms with Crippen molar-refractivity contribution in [3.63, 3.8) is 0 Å². The number of urea groups is 1. The summed E-state index contributed by atoms with van der Waals surface area (Å²) in [6.45, 7) is 8.15. The summed E-state index contributed by atoms with van der Waals surface area (Å²) < 4.78 is 2.05. The Labute approximate surface area is 199 Å². The molecule has 3 N–H and O–H groups in total. The van der Waals surface area contributed by atoms with Crippen LogP contribution in [0, 0.1) is 17.2 Å². The highest BCUT2D eigenvalue weighted by atomic mass is 16.2. The summed E-state index contributed by atoms with van der Waals surface area (Å²) in [4.78, 5) is 28.7. The van der Waals surface area contributed by atoms with Crippen molar-refractivity contribution in [2.24, 2.45) is 11.8 Å². The fraction of sp³-hybridized carbons (Fsp3) is 0.542. The molecular formula is C24H33N9O. The van der Waals surface area contributed by atoms with Crippen LogP contribution in [0.1, 0.15) is 32.7 Å². The van der Waals surface area contributed by atoms with Crippen molar-refractivity contribution < 1.29 is 4.79 Å². The first-order chi connectivity index (χ1) is 16.5. The van der Waals surface area contributed by atoms with Crippen LogP contribution < -0.4 is 5.32 Å². The van der Waals surface area contributed by atoms with Gasteiger partial charge < -0.3 is 20.6 Å². The predicted octanol–water partition coefficient (Wildman–Crippen LogP) is 2.77. The van der Waals surface area contributed by atoms with Gasteiger partial charge in [-0.25, -0.2) is 14.8 Å². The van der Waals surface area contributed by atoms with E-state index in [1.165, 1.54) is 6.21 Å². The molecule has 10 heteroatoms. The van der Waals surface area contributed by atoms with E-state index in [2.05, 4.69) is 55.0 Å². The summed E-state index contributed by atoms with van der Waals surface area (Å²) in [5, 5.41) is 16.4. The van der Waals surface area contributed by atoms with Crippen LogP contribution in [0.5, 0.6) is 0 Å². The molecule has 0 spiro atoms. The van der Waals surface area contributed by atoms with Gasteiger partial charge in [-0.1, -0.05) is 13.8 Å². The Kier molecular flexibility index (Phi) is 6.32. The minimum atomic E-state index is 0.0428. The van der Waals surface area contributed by atoms with Crippen LogP contribution in [0.2, 0.25) is 0 Å². The summed E-state index contributed by atoms with van der Waals surface area (Å²) >= 11 is 0. The number of amides is 2. The maximum Gasteiger partial charge on any atom is 0.317 e. The summed E-state index contributed by atoms with van der Waals surface area (Å²) in [5.74, 6) is 0.787. The molecule has 3 unspecified atom stereocenters. The maximum absolute atomic E-state index is 12.4. The second-order valence-corrected chi connectivity index (χ2v) is 9.75. The fourth-order valence-electron chi connectivity index (χ4n) is 5.24. The molecule has 1 saturated heterocycles. The van der Waals surface area contributed by atoms with Crippen LogP contribution in [0.3, 0.4) is 0 Å². The monoisotopic (exact) mass is 463 g/mol. The molecule has 1 saturated carbocycles. The van der Waals surface area contributed by atoms with E-state index in [4.69, 9.17) is 5.41 Å². The van der Waals surface area contributed by atoms with Crippen LogP contribution in [-0.4, -0.2) is 85.5 Å². The van der Waals surface area contributed by atoms with E-state index in [0.29, 0.717) is 24.4 Å². The zero-order valence-corrected chi connectivity index (χ0v) is 19.8. The predicted molar refractivity (Wildman–Crippen MR) is 131 cm³/mol. The third kappa shape index (κ3) is 4.29. The molecule has 2 amide bonds. The molecule has 10 nitrogen and oxygen atoms in total. The normalized spacial score (nSPS) is 23.3. The van der Waals surface area contributed by atoms with Crippen molar-refractivity contribution in [3.8, 4) is 11.3 Å². The lowest BCUT2D eigenvalue weighted by atomic mass is 9.71. The number of nitrogens with one attached hydrogen (secondary N) is 3. The molecule has 34 heavy (non-hydrogen) atoms. The summed E-state index contributed by atoms with van der Waals surface area (Å²) in [7, 11) is 0. The average molecular weight is 464 g/mol. The molecule has 2 aliphatic rings. The fourth-order valence-corrected chi connectivity index (χ4v) is 5.24. The van der Waals surface area contributed by atoms with Crippen LogP contribution in [0.25, 0.3) is 22.3 Å². The van der Waals surface area contributed by atoms with E-state index < -0.39 is 0 Å². The lowest BCUT2D eigenvalue weighted by Gasteiger charge is -2.51. The van der Waals surface area contributed by atoms with Gasteiger partial charge in [-0.15, -0.1) is 0 Å². The topological polar surface area (TPSA) is 119 Å². The third-order valence-electron chi connectivity index (χ3n) is 7.16. The Morgan fingerprint density at radius 2 is 2.09 bits per heavy atom. The van der Waals surface area contributed by atoms with Crippen LogP contribution >= 0.6 is 0 Å². The van der Waals surface area contributed by atoms with Gasteiger partial charge in [-0.2, -0.15) is 5.10 Å². The smallest absolute Gasteiger partial charge is 0.317 e. The molecule has 3 aromatic heterocycles. The second-order valence-electron chi connectivity index (χ2n) is 9.75. The summed E-state index contributed by atoms with van der Waals surface area (Å²) in [6, 6.07) is 2.70. The molecule has 3 aromatic rings. The minimum Gasteiger partial charge on any atom is -0.346 e. The first-order valence-corrected chi connectivity index (χ1v) is 12.1. The van der Waals surface area contributed by atoms with Gasteiger partial charge >= 0.3 is 6.03 Å². The number of hydrogen-bond donors (Lipinski definition) is 3. The van der Waals surface area contributed by atoms with Crippen molar-refractivity contribution in [3.05, 3.63) is 31.0 Å². The number of aromatic nitrogens is 5. The molecule has 0 aromatic carbocycles. The minimum absolute atomic E-state index is 0.0428. The third-order valence-corrected chi connectivity index (χ3v) is 7.16. The molecule has 180 valence electrons. The number of rotatable bonds is 7. The van der Waals surface area contributed by atoms with Crippen LogP contribution in [0.15, 0.2) is 31.0 Å². The van der Waals surface area contributed by atoms with Crippen molar-refractivity contribution >= 4 is 23.3 Å². The molecular weight excluding hydrogens is 430 g/mol. The van der Waals surface area contributed by atoms with E-state index in [1.807, 2.05) is 23.4 Å². The zero-order chi connectivity index (χ0) is 23.7. The zero-order valence-electron chi connectivity index (χ0n) is 19.8. The Balaban J connectivity index is 1.23. The molecule has 0 bridgehead atoms. The van der Waals surface area contributed by atoms with E-state index in [0.717, 1.165) is 61.3 Å². The highest BCUT2D eigenvalue weighted by molar-refractivity contribution is 5.90. The second kappa shape index (κ2) is 9.54. The van der Waals surface area contributed by atoms with E-state index in [1.54, 1.807) is 6.33 Å². The number of carbonyl (C=O) groups is 1. The van der Waals surface area contributed by atoms with Gasteiger partial charge in [0.25, 0.3) is 0 Å². The molecule has 5 rings (SSSR count). The quantitative estimate of drug-likeness (QED) is 0.466. The lowest BCUT2D eigenvalue weighted by molar-refractivity contribution is -0.0106. The number of nitrogens with zero attached hydrogens (tertiary/aromatic N) is 6. The number of carbonyl (C=O) groups excluding carboxylic acids is 1. The average Bonchev–Trinajstić information content (AvgIpc) is 3.50. The molecule has 2 fully saturated rings. The Morgan fingerprint density at radius 3 is 2.85 bits per heavy atom. The van der Waals surface area contributed by atoms with Gasteiger partial charge in [-0.3, -0.25) is 9.58 Å². The lowest BCUT2D eigenvalue weighted by Crippen LogP contribution is -2.60. The number of piperazine rings is 1. The number of H-pyrrole nitrogens is 1. The first kappa shape index (κ1) is 22.5. The van der Waals surface area contributed by atoms with Gasteiger partial charge in [0.15, 0.2) is 0 Å². The van der Waals surface area contributed by atoms with E-state index in [-0.39, 0.29) is 12.1 Å². The molecule has 0 radical (unpaired) electrons. The number of fused-ring (bicyclic) bond motifs is 1. The first-order valence-electron chi connectivity index (χ1n) is 12.1. The summed E-state index contributed by atoms with van der Waals surface area (Å²) in [6.07, 6.45) is 10.7. The maximum atomic E-state index is 12.4. The van der Waals surface area contributed by atoms with Gasteiger partial charge in [0.05, 0.1) is 17.9 Å². The molecule has 1 aliphatic carbocycles. The number of aromatic amines is 1. The Hall–Kier alpha value is -3.27. The van der Waals surface area contributed by atoms with Gasteiger partial charge in [0, 0.05) is 68.0 Å². The van der Waals surface area contributed by atoms with Crippen LogP contribution in [0.4, 0.5) is 4.79 Å². The van der Waals surface area contributed by atoms with Gasteiger partial charge in [-0.05, 0) is 31.0 Å². The SMILES string of the molecule is CC(C)CNC(=O)N1CCN(C2CC(n3cc(-c4ncnc5[nH]ccc45)cn3)C2CC=N)CC1. The largest absolute Gasteiger partial charge is 0.346 e. The highest BCUT2D eigenvalue weighted by Gasteiger charge is 2.45. The molecule has 1 aliphatic heterocycles. The number of hydrogen-bond acceptors (Lipinski definition) is 6. The summed E-state index contributed by atoms with van der Waals surface area (Å²) in [5.41, 5.74) is 2.68. The van der Waals surface area contributed by atoms with Gasteiger partial charge in [0.1, 0.15) is 12.0 Å². The standard InChI is InChI=1S/C24H33N9O/c1-16(2)12-27-24(34)32-9-7-31(8-10-32)20-11-21(18(20)3-5-25)33-14-17(13-30-33)22-19-4-6-26-23(19)29-15-28-22/h4-6,13-16,18,20-21,25H,3,7-12H2,1-2H3,(H,27,34)(H,26,28,29). The highest BCUT2D eigenvalue weighted by Crippen LogP contribution is 2.44. The van der Waals surface area contributed by atoms with Gasteiger partial charge in [0.2, 0.25) is 0 Å². The van der Waals surface area contributed by atoms with Crippen molar-refractivity contribution in [1.29, 1.82) is 5.41 Å². The molecule has 3 atom stereocenters. The Bertz CT molecular complexity index is 1140. The van der Waals surface area contributed by atoms with Crippen molar-refractivity contribution in [2.75, 3.05) is 32.7 Å². The van der Waals surface area contributed by atoms with E-state index in [9.17, 15) is 4.79 Å². The van der Waals surface area contributed by atoms with Crippen molar-refractivity contribution in [1.82, 2.24) is 39.8 Å². The Morgan fingerprint density at radius 1 is 1.26 bits per heavy atom. The van der Waals surface area contributed by atoms with E-state index >= 15 is 0 Å². The van der Waals surface area contributed by atoms with Crippen molar-refractivity contribution in [2.45, 2.75) is 38.8 Å². The molecule has 4 heterocycles. The van der Waals surface area contributed by atoms with Crippen LogP contribution in [-0.2, 0) is 0 Å².